The summed E-state index contributed by atoms with van der Waals surface area (Å²) >= 11 is 0. The number of carbonyl (C=O) groups excluding carboxylic acids is 1. The number of nitrogens with one attached hydrogen (secondary N) is 1. The lowest BCUT2D eigenvalue weighted by Crippen LogP contribution is -2.50. The molecule has 1 aromatic rings. The van der Waals surface area contributed by atoms with Gasteiger partial charge in [-0.05, 0) is 25.8 Å². The second-order valence-electron chi connectivity index (χ2n) is 4.36. The minimum absolute atomic E-state index is 0.0829. The van der Waals surface area contributed by atoms with Crippen molar-refractivity contribution in [2.45, 2.75) is 45.7 Å². The summed E-state index contributed by atoms with van der Waals surface area (Å²) in [5, 5.41) is 2.76. The fourth-order valence-corrected chi connectivity index (χ4v) is 1.68. The lowest BCUT2D eigenvalue weighted by molar-refractivity contribution is -0.121. The molecular formula is C13H21N3O2. The Hall–Kier alpha value is -1.62. The van der Waals surface area contributed by atoms with Gasteiger partial charge in [0.05, 0.1) is 11.2 Å². The maximum atomic E-state index is 12.1. The quantitative estimate of drug-likeness (QED) is 0.828. The molecule has 5 heteroatoms. The average molecular weight is 251 g/mol. The summed E-state index contributed by atoms with van der Waals surface area (Å²) in [5.41, 5.74) is 5.67. The van der Waals surface area contributed by atoms with E-state index in [1.807, 2.05) is 20.8 Å². The lowest BCUT2D eigenvalue weighted by atomic mass is 9.93. The van der Waals surface area contributed by atoms with Crippen LogP contribution in [0.15, 0.2) is 23.1 Å². The van der Waals surface area contributed by atoms with E-state index in [-0.39, 0.29) is 11.5 Å². The van der Waals surface area contributed by atoms with Gasteiger partial charge in [-0.2, -0.15) is 0 Å². The number of aryl methyl sites for hydroxylation is 1. The van der Waals surface area contributed by atoms with Gasteiger partial charge in [-0.15, -0.1) is 0 Å². The predicted molar refractivity (Wildman–Crippen MR) is 72.5 cm³/mol. The van der Waals surface area contributed by atoms with Gasteiger partial charge in [0.15, 0.2) is 0 Å². The molecule has 0 atom stereocenters. The fraction of sp³-hybridized carbons (Fsp3) is 0.538. The summed E-state index contributed by atoms with van der Waals surface area (Å²) in [6.07, 6.45) is 2.78. The molecule has 5 nitrogen and oxygen atoms in total. The van der Waals surface area contributed by atoms with E-state index in [9.17, 15) is 9.59 Å². The Balaban J connectivity index is 2.92. The first-order valence-electron chi connectivity index (χ1n) is 6.27. The van der Waals surface area contributed by atoms with Crippen molar-refractivity contribution in [1.29, 1.82) is 0 Å². The second-order valence-corrected chi connectivity index (χ2v) is 4.36. The van der Waals surface area contributed by atoms with Crippen LogP contribution in [0.2, 0.25) is 0 Å². The molecule has 3 N–H and O–H groups in total. The van der Waals surface area contributed by atoms with Crippen LogP contribution in [-0.4, -0.2) is 16.0 Å². The van der Waals surface area contributed by atoms with Crippen LogP contribution in [0.3, 0.4) is 0 Å². The van der Waals surface area contributed by atoms with E-state index >= 15 is 0 Å². The van der Waals surface area contributed by atoms with Gasteiger partial charge in [-0.25, -0.2) is 0 Å². The van der Waals surface area contributed by atoms with Gasteiger partial charge >= 0.3 is 0 Å². The van der Waals surface area contributed by atoms with Crippen molar-refractivity contribution < 1.29 is 4.79 Å². The topological polar surface area (TPSA) is 77.1 Å². The van der Waals surface area contributed by atoms with Crippen molar-refractivity contribution in [1.82, 2.24) is 4.57 Å². The number of anilines is 1. The highest BCUT2D eigenvalue weighted by molar-refractivity contribution is 5.97. The van der Waals surface area contributed by atoms with Crippen LogP contribution in [0.25, 0.3) is 0 Å². The van der Waals surface area contributed by atoms with Gasteiger partial charge in [0, 0.05) is 18.8 Å². The minimum Gasteiger partial charge on any atom is -0.323 e. The number of aromatic nitrogens is 1. The summed E-state index contributed by atoms with van der Waals surface area (Å²) in [4.78, 5) is 23.5. The van der Waals surface area contributed by atoms with Crippen molar-refractivity contribution in [3.63, 3.8) is 0 Å². The highest BCUT2D eigenvalue weighted by Gasteiger charge is 2.29. The predicted octanol–water partition coefficient (Wildman–Crippen LogP) is 1.32. The molecule has 0 aliphatic carbocycles. The molecule has 18 heavy (non-hydrogen) atoms. The molecule has 1 heterocycles. The molecule has 0 aromatic carbocycles. The van der Waals surface area contributed by atoms with E-state index in [0.29, 0.717) is 25.1 Å². The molecule has 1 amide bonds. The van der Waals surface area contributed by atoms with Gasteiger partial charge in [-0.3, -0.25) is 9.59 Å². The van der Waals surface area contributed by atoms with Crippen molar-refractivity contribution in [3.8, 4) is 0 Å². The molecule has 0 aliphatic rings. The zero-order valence-corrected chi connectivity index (χ0v) is 11.2. The third-order valence-corrected chi connectivity index (χ3v) is 3.30. The Morgan fingerprint density at radius 2 is 1.94 bits per heavy atom. The molecule has 0 bridgehead atoms. The summed E-state index contributed by atoms with van der Waals surface area (Å²) in [5.74, 6) is -0.214. The van der Waals surface area contributed by atoms with Crippen molar-refractivity contribution in [2.24, 2.45) is 5.73 Å². The highest BCUT2D eigenvalue weighted by Crippen LogP contribution is 2.14. The molecule has 0 unspecified atom stereocenters. The summed E-state index contributed by atoms with van der Waals surface area (Å²) < 4.78 is 1.53. The van der Waals surface area contributed by atoms with E-state index in [1.54, 1.807) is 12.3 Å². The fourth-order valence-electron chi connectivity index (χ4n) is 1.68. The normalized spacial score (nSPS) is 11.3. The van der Waals surface area contributed by atoms with E-state index in [0.717, 1.165) is 0 Å². The number of nitrogens with two attached hydrogens (primary N) is 1. The van der Waals surface area contributed by atoms with E-state index in [2.05, 4.69) is 5.32 Å². The Morgan fingerprint density at radius 1 is 1.33 bits per heavy atom. The lowest BCUT2D eigenvalue weighted by Gasteiger charge is -2.25. The Morgan fingerprint density at radius 3 is 2.44 bits per heavy atom. The Labute approximate surface area is 107 Å². The van der Waals surface area contributed by atoms with Gasteiger partial charge in [0.25, 0.3) is 5.56 Å². The molecule has 1 aromatic heterocycles. The maximum absolute atomic E-state index is 12.1. The van der Waals surface area contributed by atoms with Crippen molar-refractivity contribution in [3.05, 3.63) is 28.7 Å². The molecule has 0 aliphatic heterocycles. The number of nitrogens with zero attached hydrogens (tertiary/aromatic N) is 1. The van der Waals surface area contributed by atoms with Crippen LogP contribution in [-0.2, 0) is 11.3 Å². The maximum Gasteiger partial charge on any atom is 0.250 e. The van der Waals surface area contributed by atoms with E-state index in [4.69, 9.17) is 5.73 Å². The third kappa shape index (κ3) is 2.98. The average Bonchev–Trinajstić information content (AvgIpc) is 2.39. The van der Waals surface area contributed by atoms with Crippen LogP contribution in [0.1, 0.15) is 33.6 Å². The molecule has 0 radical (unpaired) electrons. The second kappa shape index (κ2) is 5.82. The first-order valence-corrected chi connectivity index (χ1v) is 6.27. The summed E-state index contributed by atoms with van der Waals surface area (Å²) in [6, 6.07) is 3.04. The minimum atomic E-state index is -0.854. The van der Waals surface area contributed by atoms with Gasteiger partial charge in [0.2, 0.25) is 5.91 Å². The Kier molecular flexibility index (Phi) is 4.67. The van der Waals surface area contributed by atoms with Crippen LogP contribution < -0.4 is 16.6 Å². The van der Waals surface area contributed by atoms with Crippen molar-refractivity contribution in [2.75, 3.05) is 5.32 Å². The number of carbonyl (C=O) groups is 1. The number of hydrogen-bond donors (Lipinski definition) is 2. The van der Waals surface area contributed by atoms with Gasteiger partial charge in [-0.1, -0.05) is 13.8 Å². The number of rotatable bonds is 5. The monoisotopic (exact) mass is 251 g/mol. The Bertz CT molecular complexity index is 475. The molecule has 0 saturated carbocycles. The van der Waals surface area contributed by atoms with Crippen LogP contribution >= 0.6 is 0 Å². The van der Waals surface area contributed by atoms with Crippen LogP contribution in [0, 0.1) is 0 Å². The van der Waals surface area contributed by atoms with Crippen LogP contribution in [0.4, 0.5) is 5.69 Å². The van der Waals surface area contributed by atoms with Gasteiger partial charge < -0.3 is 15.6 Å². The number of hydrogen-bond acceptors (Lipinski definition) is 3. The smallest absolute Gasteiger partial charge is 0.250 e. The van der Waals surface area contributed by atoms with E-state index in [1.165, 1.54) is 10.6 Å². The van der Waals surface area contributed by atoms with Gasteiger partial charge in [0.1, 0.15) is 0 Å². The highest BCUT2D eigenvalue weighted by atomic mass is 16.2. The first-order chi connectivity index (χ1) is 8.46. The largest absolute Gasteiger partial charge is 0.323 e. The zero-order valence-electron chi connectivity index (χ0n) is 11.2. The number of amides is 1. The SMILES string of the molecule is CCn1cc(NC(=O)C(N)(CC)CC)ccc1=O. The van der Waals surface area contributed by atoms with E-state index < -0.39 is 5.54 Å². The van der Waals surface area contributed by atoms with Crippen LogP contribution in [0.5, 0.6) is 0 Å². The standard InChI is InChI=1S/C13H21N3O2/c1-4-13(14,5-2)12(18)15-10-7-8-11(17)16(6-3)9-10/h7-9H,4-6,14H2,1-3H3,(H,15,18). The molecule has 100 valence electrons. The van der Waals surface area contributed by atoms with Crippen molar-refractivity contribution >= 4 is 11.6 Å². The molecule has 0 saturated heterocycles. The number of pyridine rings is 1. The summed E-state index contributed by atoms with van der Waals surface area (Å²) in [6.45, 7) is 6.21. The molecular weight excluding hydrogens is 230 g/mol. The first kappa shape index (κ1) is 14.4. The third-order valence-electron chi connectivity index (χ3n) is 3.30. The zero-order chi connectivity index (χ0) is 13.8. The molecule has 0 fully saturated rings. The summed E-state index contributed by atoms with van der Waals surface area (Å²) in [7, 11) is 0. The molecule has 1 rings (SSSR count). The molecule has 0 spiro atoms.